The molecule has 1 fully saturated rings. The standard InChI is InChI=1S/C15H26O3/c1-6-12(9-7-8-11(2)3)14(16)13-10-17-15(4,5)18-13/h6,8,12-14,16H,1,7,9-10H2,2-5H3/t12-,13+,14-/m0/s1. The summed E-state index contributed by atoms with van der Waals surface area (Å²) in [6.45, 7) is 12.1. The number of hydrogen-bond donors (Lipinski definition) is 1. The number of rotatable bonds is 6. The molecule has 0 amide bonds. The van der Waals surface area contributed by atoms with Crippen molar-refractivity contribution in [3.05, 3.63) is 24.3 Å². The third-order valence-corrected chi connectivity index (χ3v) is 3.21. The quantitative estimate of drug-likeness (QED) is 0.740. The van der Waals surface area contributed by atoms with Crippen LogP contribution in [0.25, 0.3) is 0 Å². The van der Waals surface area contributed by atoms with Gasteiger partial charge in [-0.05, 0) is 40.5 Å². The van der Waals surface area contributed by atoms with E-state index in [1.807, 2.05) is 19.9 Å². The Morgan fingerprint density at radius 2 is 2.17 bits per heavy atom. The number of hydrogen-bond acceptors (Lipinski definition) is 3. The van der Waals surface area contributed by atoms with Crippen molar-refractivity contribution in [1.82, 2.24) is 0 Å². The highest BCUT2D eigenvalue weighted by Gasteiger charge is 2.38. The fourth-order valence-corrected chi connectivity index (χ4v) is 2.15. The maximum Gasteiger partial charge on any atom is 0.163 e. The van der Waals surface area contributed by atoms with Crippen LogP contribution >= 0.6 is 0 Å². The molecule has 1 saturated heterocycles. The summed E-state index contributed by atoms with van der Waals surface area (Å²) in [5, 5.41) is 10.3. The van der Waals surface area contributed by atoms with Gasteiger partial charge in [-0.1, -0.05) is 17.7 Å². The number of aliphatic hydroxyl groups is 1. The Bertz CT molecular complexity index is 303. The third-order valence-electron chi connectivity index (χ3n) is 3.21. The molecule has 0 saturated carbocycles. The molecule has 3 heteroatoms. The van der Waals surface area contributed by atoms with Gasteiger partial charge in [0.15, 0.2) is 5.79 Å². The van der Waals surface area contributed by atoms with E-state index in [0.29, 0.717) is 6.61 Å². The molecule has 0 bridgehead atoms. The van der Waals surface area contributed by atoms with Gasteiger partial charge in [0.1, 0.15) is 6.10 Å². The van der Waals surface area contributed by atoms with Crippen molar-refractivity contribution in [2.75, 3.05) is 6.61 Å². The fourth-order valence-electron chi connectivity index (χ4n) is 2.15. The van der Waals surface area contributed by atoms with Crippen molar-refractivity contribution in [3.63, 3.8) is 0 Å². The average Bonchev–Trinajstić information content (AvgIpc) is 2.64. The lowest BCUT2D eigenvalue weighted by atomic mass is 9.93. The molecule has 1 N–H and O–H groups in total. The lowest BCUT2D eigenvalue weighted by Crippen LogP contribution is -2.35. The van der Waals surface area contributed by atoms with E-state index in [0.717, 1.165) is 12.8 Å². The summed E-state index contributed by atoms with van der Waals surface area (Å²) in [4.78, 5) is 0. The van der Waals surface area contributed by atoms with Crippen molar-refractivity contribution < 1.29 is 14.6 Å². The minimum atomic E-state index is -0.586. The van der Waals surface area contributed by atoms with Gasteiger partial charge in [-0.25, -0.2) is 0 Å². The SMILES string of the molecule is C=C[C@@H](CCC=C(C)C)[C@H](O)[C@H]1COC(C)(C)O1. The first-order chi connectivity index (χ1) is 8.35. The van der Waals surface area contributed by atoms with Crippen LogP contribution in [0.2, 0.25) is 0 Å². The van der Waals surface area contributed by atoms with Gasteiger partial charge in [-0.2, -0.15) is 0 Å². The predicted octanol–water partition coefficient (Wildman–Crippen LogP) is 3.05. The van der Waals surface area contributed by atoms with Gasteiger partial charge in [0.2, 0.25) is 0 Å². The van der Waals surface area contributed by atoms with Crippen molar-refractivity contribution >= 4 is 0 Å². The molecule has 1 rings (SSSR count). The van der Waals surface area contributed by atoms with Gasteiger partial charge >= 0.3 is 0 Å². The van der Waals surface area contributed by atoms with Crippen LogP contribution in [-0.2, 0) is 9.47 Å². The molecule has 0 radical (unpaired) electrons. The number of ether oxygens (including phenoxy) is 2. The monoisotopic (exact) mass is 254 g/mol. The molecule has 0 aromatic rings. The summed E-state index contributed by atoms with van der Waals surface area (Å²) in [7, 11) is 0. The molecule has 0 aromatic carbocycles. The van der Waals surface area contributed by atoms with Crippen LogP contribution in [0.1, 0.15) is 40.5 Å². The van der Waals surface area contributed by atoms with E-state index in [-0.39, 0.29) is 12.0 Å². The normalized spacial score (nSPS) is 25.5. The smallest absolute Gasteiger partial charge is 0.163 e. The zero-order valence-corrected chi connectivity index (χ0v) is 12.0. The van der Waals surface area contributed by atoms with Crippen LogP contribution in [0.4, 0.5) is 0 Å². The van der Waals surface area contributed by atoms with Crippen molar-refractivity contribution in [3.8, 4) is 0 Å². The Labute approximate surface area is 110 Å². The molecule has 0 spiro atoms. The molecule has 1 aliphatic heterocycles. The van der Waals surface area contributed by atoms with E-state index in [1.165, 1.54) is 5.57 Å². The van der Waals surface area contributed by atoms with Gasteiger partial charge < -0.3 is 14.6 Å². The fraction of sp³-hybridized carbons (Fsp3) is 0.733. The summed E-state index contributed by atoms with van der Waals surface area (Å²) in [5.74, 6) is -0.541. The minimum Gasteiger partial charge on any atom is -0.390 e. The van der Waals surface area contributed by atoms with E-state index in [2.05, 4.69) is 26.5 Å². The van der Waals surface area contributed by atoms with Crippen molar-refractivity contribution in [1.29, 1.82) is 0 Å². The zero-order valence-electron chi connectivity index (χ0n) is 12.0. The van der Waals surface area contributed by atoms with E-state index >= 15 is 0 Å². The first-order valence-corrected chi connectivity index (χ1v) is 6.61. The summed E-state index contributed by atoms with van der Waals surface area (Å²) >= 11 is 0. The third kappa shape index (κ3) is 4.56. The molecule has 1 aliphatic rings. The van der Waals surface area contributed by atoms with Crippen molar-refractivity contribution in [2.24, 2.45) is 5.92 Å². The molecular formula is C15H26O3. The Kier molecular flexibility index (Phi) is 5.57. The molecule has 0 aliphatic carbocycles. The second kappa shape index (κ2) is 6.50. The maximum absolute atomic E-state index is 10.3. The van der Waals surface area contributed by atoms with Gasteiger partial charge in [0.05, 0.1) is 12.7 Å². The molecule has 1 heterocycles. The largest absolute Gasteiger partial charge is 0.390 e. The molecule has 0 unspecified atom stereocenters. The Morgan fingerprint density at radius 1 is 1.50 bits per heavy atom. The summed E-state index contributed by atoms with van der Waals surface area (Å²) in [6, 6.07) is 0. The van der Waals surface area contributed by atoms with Crippen LogP contribution in [0, 0.1) is 5.92 Å². The predicted molar refractivity (Wildman–Crippen MR) is 73.3 cm³/mol. The lowest BCUT2D eigenvalue weighted by molar-refractivity contribution is -0.154. The van der Waals surface area contributed by atoms with Gasteiger partial charge in [0, 0.05) is 5.92 Å². The molecule has 104 valence electrons. The van der Waals surface area contributed by atoms with Crippen LogP contribution in [0.15, 0.2) is 24.3 Å². The summed E-state index contributed by atoms with van der Waals surface area (Å²) in [6.07, 6.45) is 5.03. The number of allylic oxidation sites excluding steroid dienone is 2. The highest BCUT2D eigenvalue weighted by Crippen LogP contribution is 2.28. The van der Waals surface area contributed by atoms with Crippen LogP contribution in [0.5, 0.6) is 0 Å². The second-order valence-electron chi connectivity index (χ2n) is 5.62. The molecule has 0 aromatic heterocycles. The summed E-state index contributed by atoms with van der Waals surface area (Å²) < 4.78 is 11.2. The second-order valence-corrected chi connectivity index (χ2v) is 5.62. The van der Waals surface area contributed by atoms with Gasteiger partial charge in [0.25, 0.3) is 0 Å². The lowest BCUT2D eigenvalue weighted by Gasteiger charge is -2.25. The van der Waals surface area contributed by atoms with E-state index < -0.39 is 11.9 Å². The topological polar surface area (TPSA) is 38.7 Å². The van der Waals surface area contributed by atoms with E-state index in [9.17, 15) is 5.11 Å². The number of aliphatic hydroxyl groups excluding tert-OH is 1. The first-order valence-electron chi connectivity index (χ1n) is 6.61. The highest BCUT2D eigenvalue weighted by atomic mass is 16.7. The molecule has 18 heavy (non-hydrogen) atoms. The average molecular weight is 254 g/mol. The van der Waals surface area contributed by atoms with E-state index in [4.69, 9.17) is 9.47 Å². The Hall–Kier alpha value is -0.640. The van der Waals surface area contributed by atoms with Crippen molar-refractivity contribution in [2.45, 2.75) is 58.5 Å². The van der Waals surface area contributed by atoms with E-state index in [1.54, 1.807) is 0 Å². The van der Waals surface area contributed by atoms with Gasteiger partial charge in [-0.3, -0.25) is 0 Å². The van der Waals surface area contributed by atoms with Gasteiger partial charge in [-0.15, -0.1) is 6.58 Å². The Balaban J connectivity index is 2.49. The minimum absolute atomic E-state index is 0.0445. The Morgan fingerprint density at radius 3 is 2.61 bits per heavy atom. The van der Waals surface area contributed by atoms with Crippen LogP contribution in [0.3, 0.4) is 0 Å². The maximum atomic E-state index is 10.3. The highest BCUT2D eigenvalue weighted by molar-refractivity contribution is 4.96. The molecule has 3 atom stereocenters. The van der Waals surface area contributed by atoms with Crippen LogP contribution in [-0.4, -0.2) is 29.7 Å². The molecular weight excluding hydrogens is 228 g/mol. The summed E-state index contributed by atoms with van der Waals surface area (Å²) in [5.41, 5.74) is 1.30. The molecule has 3 nitrogen and oxygen atoms in total. The van der Waals surface area contributed by atoms with Crippen LogP contribution < -0.4 is 0 Å². The first kappa shape index (κ1) is 15.4. The zero-order chi connectivity index (χ0) is 13.8.